The fourth-order valence-electron chi connectivity index (χ4n) is 2.02. The Labute approximate surface area is 91.8 Å². The Morgan fingerprint density at radius 3 is 3.00 bits per heavy atom. The lowest BCUT2D eigenvalue weighted by Gasteiger charge is -2.35. The van der Waals surface area contributed by atoms with Crippen LogP contribution in [0.15, 0.2) is 0 Å². The Morgan fingerprint density at radius 2 is 2.33 bits per heavy atom. The van der Waals surface area contributed by atoms with Crippen LogP contribution in [0.25, 0.3) is 0 Å². The molecule has 4 heteroatoms. The van der Waals surface area contributed by atoms with Gasteiger partial charge >= 0.3 is 0 Å². The van der Waals surface area contributed by atoms with Gasteiger partial charge in [0.15, 0.2) is 0 Å². The summed E-state index contributed by atoms with van der Waals surface area (Å²) in [6.07, 6.45) is 3.84. The average molecular weight is 214 g/mol. The molecule has 0 bridgehead atoms. The summed E-state index contributed by atoms with van der Waals surface area (Å²) in [5.41, 5.74) is 5.40. The van der Waals surface area contributed by atoms with Crippen molar-refractivity contribution in [2.45, 2.75) is 38.6 Å². The molecule has 0 unspecified atom stereocenters. The Balaban J connectivity index is 2.45. The van der Waals surface area contributed by atoms with Crippen molar-refractivity contribution in [1.29, 1.82) is 0 Å². The molecule has 15 heavy (non-hydrogen) atoms. The minimum atomic E-state index is 0.182. The van der Waals surface area contributed by atoms with Gasteiger partial charge in [-0.2, -0.15) is 0 Å². The van der Waals surface area contributed by atoms with E-state index in [0.717, 1.165) is 26.0 Å². The summed E-state index contributed by atoms with van der Waals surface area (Å²) in [5.74, 6) is 0.182. The van der Waals surface area contributed by atoms with E-state index in [0.29, 0.717) is 19.6 Å². The van der Waals surface area contributed by atoms with Gasteiger partial charge in [-0.25, -0.2) is 0 Å². The van der Waals surface area contributed by atoms with Crippen LogP contribution in [0.4, 0.5) is 0 Å². The third-order valence-corrected chi connectivity index (χ3v) is 2.82. The highest BCUT2D eigenvalue weighted by Gasteiger charge is 2.25. The summed E-state index contributed by atoms with van der Waals surface area (Å²) < 4.78 is 5.41. The number of ether oxygens (including phenoxy) is 1. The maximum Gasteiger partial charge on any atom is 0.224 e. The van der Waals surface area contributed by atoms with E-state index in [9.17, 15) is 4.79 Å². The number of amides is 1. The molecule has 1 fully saturated rings. The van der Waals surface area contributed by atoms with Gasteiger partial charge in [-0.1, -0.05) is 0 Å². The zero-order valence-electron chi connectivity index (χ0n) is 9.58. The van der Waals surface area contributed by atoms with Crippen molar-refractivity contribution in [1.82, 2.24) is 4.90 Å². The summed E-state index contributed by atoms with van der Waals surface area (Å²) >= 11 is 0. The molecule has 1 atom stereocenters. The fraction of sp³-hybridized carbons (Fsp3) is 0.909. The topological polar surface area (TPSA) is 55.6 Å². The minimum Gasteiger partial charge on any atom is -0.380 e. The number of rotatable bonds is 5. The van der Waals surface area contributed by atoms with E-state index in [1.54, 1.807) is 0 Å². The smallest absolute Gasteiger partial charge is 0.224 e. The first kappa shape index (κ1) is 12.5. The highest BCUT2D eigenvalue weighted by molar-refractivity contribution is 5.76. The van der Waals surface area contributed by atoms with E-state index in [-0.39, 0.29) is 11.9 Å². The van der Waals surface area contributed by atoms with Crippen molar-refractivity contribution in [3.05, 3.63) is 0 Å². The largest absolute Gasteiger partial charge is 0.380 e. The number of nitrogens with two attached hydrogens (primary N) is 1. The summed E-state index contributed by atoms with van der Waals surface area (Å²) in [5, 5.41) is 0. The normalized spacial score (nSPS) is 21.7. The lowest BCUT2D eigenvalue weighted by atomic mass is 10.0. The van der Waals surface area contributed by atoms with Crippen LogP contribution in [-0.4, -0.2) is 43.2 Å². The van der Waals surface area contributed by atoms with E-state index in [4.69, 9.17) is 10.5 Å². The first-order valence-electron chi connectivity index (χ1n) is 5.86. The van der Waals surface area contributed by atoms with Gasteiger partial charge in [0.2, 0.25) is 5.91 Å². The van der Waals surface area contributed by atoms with E-state index >= 15 is 0 Å². The molecule has 0 aromatic rings. The highest BCUT2D eigenvalue weighted by Crippen LogP contribution is 2.18. The van der Waals surface area contributed by atoms with Gasteiger partial charge in [0.1, 0.15) is 0 Å². The molecule has 0 radical (unpaired) electrons. The van der Waals surface area contributed by atoms with Crippen LogP contribution in [0.1, 0.15) is 32.6 Å². The molecule has 1 aliphatic heterocycles. The number of hydrogen-bond donors (Lipinski definition) is 1. The first-order chi connectivity index (χ1) is 7.29. The van der Waals surface area contributed by atoms with Gasteiger partial charge in [0, 0.05) is 26.1 Å². The van der Waals surface area contributed by atoms with Crippen molar-refractivity contribution in [2.24, 2.45) is 5.73 Å². The molecule has 4 nitrogen and oxygen atoms in total. The molecule has 0 spiro atoms. The molecule has 88 valence electrons. The van der Waals surface area contributed by atoms with Crippen molar-refractivity contribution >= 4 is 5.91 Å². The van der Waals surface area contributed by atoms with Crippen LogP contribution < -0.4 is 5.73 Å². The van der Waals surface area contributed by atoms with Gasteiger partial charge in [0.05, 0.1) is 12.6 Å². The predicted octanol–water partition coefficient (Wildman–Crippen LogP) is 0.753. The number of likely N-dealkylation sites (tertiary alicyclic amines) is 1. The molecule has 0 aromatic carbocycles. The van der Waals surface area contributed by atoms with Gasteiger partial charge in [0.25, 0.3) is 0 Å². The molecule has 1 saturated heterocycles. The second-order valence-corrected chi connectivity index (χ2v) is 3.93. The van der Waals surface area contributed by atoms with Gasteiger partial charge in [-0.15, -0.1) is 0 Å². The Morgan fingerprint density at radius 1 is 1.53 bits per heavy atom. The third kappa shape index (κ3) is 3.80. The predicted molar refractivity (Wildman–Crippen MR) is 59.5 cm³/mol. The van der Waals surface area contributed by atoms with E-state index < -0.39 is 0 Å². The maximum atomic E-state index is 11.8. The summed E-state index contributed by atoms with van der Waals surface area (Å²) in [6, 6.07) is 0.276. The SMILES string of the molecule is CCOC[C@@H]1CCCCN1C(=O)CCN. The Kier molecular flexibility index (Phi) is 5.65. The molecular weight excluding hydrogens is 192 g/mol. The number of carbonyl (C=O) groups is 1. The fourth-order valence-corrected chi connectivity index (χ4v) is 2.02. The number of nitrogens with zero attached hydrogens (tertiary/aromatic N) is 1. The van der Waals surface area contributed by atoms with Crippen LogP contribution in [0.2, 0.25) is 0 Å². The van der Waals surface area contributed by atoms with Crippen molar-refractivity contribution in [2.75, 3.05) is 26.3 Å². The number of hydrogen-bond acceptors (Lipinski definition) is 3. The molecule has 0 aromatic heterocycles. The monoisotopic (exact) mass is 214 g/mol. The lowest BCUT2D eigenvalue weighted by molar-refractivity contribution is -0.136. The number of carbonyl (C=O) groups excluding carboxylic acids is 1. The quantitative estimate of drug-likeness (QED) is 0.735. The van der Waals surface area contributed by atoms with E-state index in [2.05, 4.69) is 0 Å². The third-order valence-electron chi connectivity index (χ3n) is 2.82. The van der Waals surface area contributed by atoms with E-state index in [1.807, 2.05) is 11.8 Å². The lowest BCUT2D eigenvalue weighted by Crippen LogP contribution is -2.46. The van der Waals surface area contributed by atoms with Crippen LogP contribution >= 0.6 is 0 Å². The van der Waals surface area contributed by atoms with Gasteiger partial charge in [-0.05, 0) is 26.2 Å². The molecule has 1 heterocycles. The first-order valence-corrected chi connectivity index (χ1v) is 5.86. The van der Waals surface area contributed by atoms with Crippen LogP contribution in [0.3, 0.4) is 0 Å². The molecule has 1 rings (SSSR count). The standard InChI is InChI=1S/C11H22N2O2/c1-2-15-9-10-5-3-4-8-13(10)11(14)6-7-12/h10H,2-9,12H2,1H3/t10-/m0/s1. The van der Waals surface area contributed by atoms with E-state index in [1.165, 1.54) is 6.42 Å². The molecule has 1 aliphatic rings. The molecule has 0 aliphatic carbocycles. The Hall–Kier alpha value is -0.610. The molecule has 2 N–H and O–H groups in total. The van der Waals surface area contributed by atoms with Crippen molar-refractivity contribution in [3.8, 4) is 0 Å². The highest BCUT2D eigenvalue weighted by atomic mass is 16.5. The molecular formula is C11H22N2O2. The summed E-state index contributed by atoms with van der Waals surface area (Å²) in [4.78, 5) is 13.7. The summed E-state index contributed by atoms with van der Waals surface area (Å²) in [7, 11) is 0. The molecule has 1 amide bonds. The van der Waals surface area contributed by atoms with Crippen LogP contribution in [0.5, 0.6) is 0 Å². The Bertz CT molecular complexity index is 197. The maximum absolute atomic E-state index is 11.8. The molecule has 0 saturated carbocycles. The van der Waals surface area contributed by atoms with Gasteiger partial charge in [-0.3, -0.25) is 4.79 Å². The minimum absolute atomic E-state index is 0.182. The van der Waals surface area contributed by atoms with Crippen molar-refractivity contribution < 1.29 is 9.53 Å². The van der Waals surface area contributed by atoms with Crippen LogP contribution in [0, 0.1) is 0 Å². The summed E-state index contributed by atoms with van der Waals surface area (Å²) in [6.45, 7) is 4.68. The number of piperidine rings is 1. The average Bonchev–Trinajstić information content (AvgIpc) is 2.27. The van der Waals surface area contributed by atoms with Crippen LogP contribution in [-0.2, 0) is 9.53 Å². The van der Waals surface area contributed by atoms with Gasteiger partial charge < -0.3 is 15.4 Å². The zero-order chi connectivity index (χ0) is 11.1. The second kappa shape index (κ2) is 6.80. The second-order valence-electron chi connectivity index (χ2n) is 3.93. The van der Waals surface area contributed by atoms with Crippen molar-refractivity contribution in [3.63, 3.8) is 0 Å². The zero-order valence-corrected chi connectivity index (χ0v) is 9.58.